The highest BCUT2D eigenvalue weighted by Gasteiger charge is 2.57. The fraction of sp³-hybridized carbons (Fsp3) is 0.632. The molecule has 0 spiro atoms. The molecular weight excluding hydrogens is 354 g/mol. The Labute approximate surface area is 158 Å². The minimum Gasteiger partial charge on any atom is -0.445 e. The molecule has 5 atom stereocenters. The van der Waals surface area contributed by atoms with Gasteiger partial charge in [-0.05, 0) is 19.4 Å². The van der Waals surface area contributed by atoms with Crippen LogP contribution in [-0.4, -0.2) is 73.3 Å². The Morgan fingerprint density at radius 2 is 1.89 bits per heavy atom. The summed E-state index contributed by atoms with van der Waals surface area (Å²) < 4.78 is 28.5. The molecule has 2 aliphatic heterocycles. The van der Waals surface area contributed by atoms with Crippen molar-refractivity contribution >= 4 is 6.09 Å². The normalized spacial score (nSPS) is 32.0. The number of aliphatic hydroxyl groups is 1. The number of nitrogens with zero attached hydrogens (tertiary/aromatic N) is 1. The summed E-state index contributed by atoms with van der Waals surface area (Å²) in [7, 11) is 3.10. The SMILES string of the molecule is CO[C@H]1O[C@H](CO)[C@H](N(C)C(=O)OCc2ccccc2)[C@@H]2OC(C)(C)O[C@H]12. The van der Waals surface area contributed by atoms with Crippen LogP contribution in [-0.2, 0) is 30.3 Å². The van der Waals surface area contributed by atoms with E-state index in [1.165, 1.54) is 12.0 Å². The highest BCUT2D eigenvalue weighted by Crippen LogP contribution is 2.39. The van der Waals surface area contributed by atoms with E-state index in [0.29, 0.717) is 0 Å². The number of hydrogen-bond acceptors (Lipinski definition) is 7. The first-order valence-corrected chi connectivity index (χ1v) is 8.94. The van der Waals surface area contributed by atoms with Gasteiger partial charge in [0.2, 0.25) is 0 Å². The summed E-state index contributed by atoms with van der Waals surface area (Å²) in [6.45, 7) is 3.43. The molecule has 1 aromatic carbocycles. The van der Waals surface area contributed by atoms with Crippen LogP contribution in [0.5, 0.6) is 0 Å². The van der Waals surface area contributed by atoms with Crippen LogP contribution in [0.15, 0.2) is 30.3 Å². The van der Waals surface area contributed by atoms with Crippen LogP contribution >= 0.6 is 0 Å². The van der Waals surface area contributed by atoms with Crippen LogP contribution in [0.2, 0.25) is 0 Å². The van der Waals surface area contributed by atoms with E-state index in [1.54, 1.807) is 20.9 Å². The summed E-state index contributed by atoms with van der Waals surface area (Å²) in [6.07, 6.45) is -2.97. The number of ether oxygens (including phenoxy) is 5. The fourth-order valence-electron chi connectivity index (χ4n) is 3.59. The molecule has 2 heterocycles. The third kappa shape index (κ3) is 4.25. The van der Waals surface area contributed by atoms with Crippen molar-refractivity contribution in [3.63, 3.8) is 0 Å². The molecule has 27 heavy (non-hydrogen) atoms. The monoisotopic (exact) mass is 381 g/mol. The Morgan fingerprint density at radius 1 is 1.22 bits per heavy atom. The lowest BCUT2D eigenvalue weighted by Crippen LogP contribution is -2.64. The molecule has 2 fully saturated rings. The first-order valence-electron chi connectivity index (χ1n) is 8.94. The van der Waals surface area contributed by atoms with Gasteiger partial charge < -0.3 is 33.7 Å². The lowest BCUT2D eigenvalue weighted by Gasteiger charge is -2.44. The van der Waals surface area contributed by atoms with Gasteiger partial charge >= 0.3 is 6.09 Å². The topological polar surface area (TPSA) is 86.7 Å². The number of benzene rings is 1. The van der Waals surface area contributed by atoms with Crippen molar-refractivity contribution in [2.24, 2.45) is 0 Å². The van der Waals surface area contributed by atoms with Crippen molar-refractivity contribution in [1.82, 2.24) is 4.90 Å². The van der Waals surface area contributed by atoms with Crippen LogP contribution < -0.4 is 0 Å². The Balaban J connectivity index is 1.74. The standard InChI is InChI=1S/C19H27NO7/c1-19(2)26-15-14(13(10-21)25-17(23-4)16(15)27-19)20(3)18(22)24-11-12-8-6-5-7-9-12/h5-9,13-17,21H,10-11H2,1-4H3/t13-,14+,15+,16+,17+/m1/s1. The number of amides is 1. The molecule has 1 amide bonds. The number of carbonyl (C=O) groups excluding carboxylic acids is 1. The minimum atomic E-state index is -0.854. The molecule has 1 N–H and O–H groups in total. The van der Waals surface area contributed by atoms with Crippen molar-refractivity contribution in [2.75, 3.05) is 20.8 Å². The van der Waals surface area contributed by atoms with E-state index in [9.17, 15) is 9.90 Å². The highest BCUT2D eigenvalue weighted by atomic mass is 16.8. The van der Waals surface area contributed by atoms with E-state index in [2.05, 4.69) is 0 Å². The number of likely N-dealkylation sites (N-methyl/N-ethyl adjacent to an activating group) is 1. The van der Waals surface area contributed by atoms with Gasteiger partial charge in [0.05, 0.1) is 12.6 Å². The maximum absolute atomic E-state index is 12.6. The number of rotatable bonds is 5. The van der Waals surface area contributed by atoms with Gasteiger partial charge in [-0.1, -0.05) is 30.3 Å². The first kappa shape index (κ1) is 20.0. The first-order chi connectivity index (χ1) is 12.9. The van der Waals surface area contributed by atoms with Gasteiger partial charge in [0.25, 0.3) is 0 Å². The van der Waals surface area contributed by atoms with Crippen molar-refractivity contribution < 1.29 is 33.6 Å². The predicted molar refractivity (Wildman–Crippen MR) is 94.8 cm³/mol. The lowest BCUT2D eigenvalue weighted by molar-refractivity contribution is -0.260. The Bertz CT molecular complexity index is 638. The van der Waals surface area contributed by atoms with Crippen LogP contribution in [0.4, 0.5) is 4.79 Å². The molecule has 150 valence electrons. The van der Waals surface area contributed by atoms with Gasteiger partial charge in [0, 0.05) is 14.2 Å². The van der Waals surface area contributed by atoms with Gasteiger partial charge in [-0.3, -0.25) is 0 Å². The Hall–Kier alpha value is -1.71. The molecule has 0 unspecified atom stereocenters. The molecule has 0 saturated carbocycles. The average molecular weight is 381 g/mol. The third-order valence-electron chi connectivity index (χ3n) is 4.81. The zero-order chi connectivity index (χ0) is 19.6. The van der Waals surface area contributed by atoms with Crippen LogP contribution in [0.3, 0.4) is 0 Å². The zero-order valence-corrected chi connectivity index (χ0v) is 16.0. The predicted octanol–water partition coefficient (Wildman–Crippen LogP) is 1.51. The van der Waals surface area contributed by atoms with Gasteiger partial charge in [0.1, 0.15) is 24.9 Å². The number of hydrogen-bond donors (Lipinski definition) is 1. The maximum atomic E-state index is 12.6. The minimum absolute atomic E-state index is 0.152. The summed E-state index contributed by atoms with van der Waals surface area (Å²) in [5.74, 6) is -0.854. The molecule has 2 aliphatic rings. The molecule has 1 aromatic rings. The van der Waals surface area contributed by atoms with Crippen molar-refractivity contribution in [2.45, 2.75) is 56.9 Å². The summed E-state index contributed by atoms with van der Waals surface area (Å²) in [5, 5.41) is 9.81. The molecule has 0 bridgehead atoms. The van der Waals surface area contributed by atoms with E-state index in [0.717, 1.165) is 5.56 Å². The molecule has 0 radical (unpaired) electrons. The average Bonchev–Trinajstić information content (AvgIpc) is 2.99. The Morgan fingerprint density at radius 3 is 2.52 bits per heavy atom. The third-order valence-corrected chi connectivity index (χ3v) is 4.81. The lowest BCUT2D eigenvalue weighted by atomic mass is 9.95. The van der Waals surface area contributed by atoms with E-state index < -0.39 is 42.5 Å². The zero-order valence-electron chi connectivity index (χ0n) is 16.0. The van der Waals surface area contributed by atoms with Crippen LogP contribution in [0.25, 0.3) is 0 Å². The second-order valence-electron chi connectivity index (χ2n) is 7.17. The fourth-order valence-corrected chi connectivity index (χ4v) is 3.59. The van der Waals surface area contributed by atoms with Crippen molar-refractivity contribution in [1.29, 1.82) is 0 Å². The summed E-state index contributed by atoms with van der Waals surface area (Å²) in [4.78, 5) is 14.0. The largest absolute Gasteiger partial charge is 0.445 e. The molecule has 2 saturated heterocycles. The molecule has 8 heteroatoms. The second-order valence-corrected chi connectivity index (χ2v) is 7.17. The van der Waals surface area contributed by atoms with Gasteiger partial charge in [0.15, 0.2) is 12.1 Å². The van der Waals surface area contributed by atoms with Crippen LogP contribution in [0.1, 0.15) is 19.4 Å². The van der Waals surface area contributed by atoms with Crippen LogP contribution in [0, 0.1) is 0 Å². The number of fused-ring (bicyclic) bond motifs is 1. The Kier molecular flexibility index (Phi) is 6.02. The maximum Gasteiger partial charge on any atom is 0.410 e. The van der Waals surface area contributed by atoms with Gasteiger partial charge in [-0.15, -0.1) is 0 Å². The van der Waals surface area contributed by atoms with E-state index in [1.807, 2.05) is 30.3 Å². The summed E-state index contributed by atoms with van der Waals surface area (Å²) in [5.41, 5.74) is 0.886. The second kappa shape index (κ2) is 8.12. The number of aliphatic hydroxyl groups excluding tert-OH is 1. The summed E-state index contributed by atoms with van der Waals surface area (Å²) >= 11 is 0. The number of methoxy groups -OCH3 is 1. The van der Waals surface area contributed by atoms with Gasteiger partial charge in [-0.25, -0.2) is 4.79 Å². The summed E-state index contributed by atoms with van der Waals surface area (Å²) in [6, 6.07) is 8.83. The van der Waals surface area contributed by atoms with E-state index in [-0.39, 0.29) is 13.2 Å². The highest BCUT2D eigenvalue weighted by molar-refractivity contribution is 5.68. The molecule has 8 nitrogen and oxygen atoms in total. The van der Waals surface area contributed by atoms with E-state index in [4.69, 9.17) is 23.7 Å². The van der Waals surface area contributed by atoms with Crippen molar-refractivity contribution in [3.05, 3.63) is 35.9 Å². The number of carbonyl (C=O) groups is 1. The van der Waals surface area contributed by atoms with E-state index >= 15 is 0 Å². The van der Waals surface area contributed by atoms with Crippen molar-refractivity contribution in [3.8, 4) is 0 Å². The quantitative estimate of drug-likeness (QED) is 0.827. The molecular formula is C19H27NO7. The molecule has 3 rings (SSSR count). The molecule has 0 aromatic heterocycles. The van der Waals surface area contributed by atoms with Gasteiger partial charge in [-0.2, -0.15) is 0 Å². The smallest absolute Gasteiger partial charge is 0.410 e. The molecule has 0 aliphatic carbocycles.